The van der Waals surface area contributed by atoms with Crippen molar-refractivity contribution in [3.63, 3.8) is 0 Å². The number of nitrogens with zero attached hydrogens (tertiary/aromatic N) is 2. The quantitative estimate of drug-likeness (QED) is 0.671. The third kappa shape index (κ3) is 4.85. The number of nitriles is 2. The summed E-state index contributed by atoms with van der Waals surface area (Å²) in [6, 6.07) is 16.6. The van der Waals surface area contributed by atoms with E-state index in [0.717, 1.165) is 43.2 Å². The van der Waals surface area contributed by atoms with Crippen LogP contribution in [0.4, 0.5) is 0 Å². The van der Waals surface area contributed by atoms with E-state index in [9.17, 15) is 23.7 Å². The fraction of sp³-hybridized carbons (Fsp3) is 0.423. The van der Waals surface area contributed by atoms with Crippen molar-refractivity contribution >= 4 is 15.6 Å². The van der Waals surface area contributed by atoms with Crippen LogP contribution in [0.5, 0.6) is 0 Å². The molecular weight excluding hydrogens is 434 g/mol. The summed E-state index contributed by atoms with van der Waals surface area (Å²) in [5.41, 5.74) is 2.18. The first-order valence-electron chi connectivity index (χ1n) is 11.3. The Balaban J connectivity index is 1.47. The molecule has 2 aliphatic rings. The minimum atomic E-state index is -3.52. The van der Waals surface area contributed by atoms with E-state index in [1.165, 1.54) is 18.6 Å². The summed E-state index contributed by atoms with van der Waals surface area (Å²) in [7, 11) is -3.52. The van der Waals surface area contributed by atoms with Crippen LogP contribution in [-0.2, 0) is 21.1 Å². The molecule has 1 aliphatic heterocycles. The van der Waals surface area contributed by atoms with Crippen LogP contribution in [0, 0.1) is 34.5 Å². The van der Waals surface area contributed by atoms with E-state index in [1.54, 1.807) is 6.07 Å². The smallest absolute Gasteiger partial charge is 0.176 e. The summed E-state index contributed by atoms with van der Waals surface area (Å²) in [6.07, 6.45) is 5.86. The summed E-state index contributed by atoms with van der Waals surface area (Å²) in [5, 5.41) is 22.3. The first-order valence-corrected chi connectivity index (χ1v) is 13.1. The predicted octanol–water partition coefficient (Wildman–Crippen LogP) is 3.80. The molecule has 1 aliphatic carbocycles. The minimum absolute atomic E-state index is 0.0134. The maximum absolute atomic E-state index is 13.1. The average molecular weight is 462 g/mol. The van der Waals surface area contributed by atoms with Gasteiger partial charge < -0.3 is 5.32 Å². The maximum atomic E-state index is 13.1. The first kappa shape index (κ1) is 23.2. The van der Waals surface area contributed by atoms with Crippen LogP contribution >= 0.6 is 0 Å². The van der Waals surface area contributed by atoms with Crippen LogP contribution in [0.3, 0.4) is 0 Å². The molecule has 170 valence electrons. The highest BCUT2D eigenvalue weighted by atomic mass is 32.2. The second-order valence-electron chi connectivity index (χ2n) is 9.37. The van der Waals surface area contributed by atoms with E-state index in [4.69, 9.17) is 0 Å². The van der Waals surface area contributed by atoms with Gasteiger partial charge in [0.2, 0.25) is 0 Å². The molecule has 0 amide bonds. The van der Waals surface area contributed by atoms with Crippen LogP contribution < -0.4 is 5.32 Å². The van der Waals surface area contributed by atoms with Crippen molar-refractivity contribution in [2.45, 2.75) is 49.0 Å². The van der Waals surface area contributed by atoms with Crippen LogP contribution in [0.2, 0.25) is 0 Å². The molecule has 2 aromatic rings. The van der Waals surface area contributed by atoms with E-state index in [0.29, 0.717) is 17.9 Å². The van der Waals surface area contributed by atoms with Gasteiger partial charge in [0.1, 0.15) is 6.07 Å². The standard InChI is InChI=1S/C26H27N3O3S/c1-33(31,32)24-13-22(8-9-23(24)16-28)21-6-4-18(5-7-21)11-20(15-27)12-25(30)26-10-2-3-19(14-26)17-29-26/h4-9,13,19-20,29H,2-3,10-12,14,17H2,1H3/t19-,20-,26-/m1/s1. The van der Waals surface area contributed by atoms with Gasteiger partial charge in [-0.05, 0) is 67.0 Å². The second kappa shape index (κ2) is 9.09. The maximum Gasteiger partial charge on any atom is 0.176 e. The zero-order valence-corrected chi connectivity index (χ0v) is 19.5. The van der Waals surface area contributed by atoms with E-state index in [-0.39, 0.29) is 28.6 Å². The largest absolute Gasteiger partial charge is 0.305 e. The Morgan fingerprint density at radius 2 is 1.91 bits per heavy atom. The first-order chi connectivity index (χ1) is 15.7. The number of hydrogen-bond acceptors (Lipinski definition) is 6. The third-order valence-corrected chi connectivity index (χ3v) is 8.14. The van der Waals surface area contributed by atoms with Crippen molar-refractivity contribution in [1.29, 1.82) is 10.5 Å². The molecule has 0 unspecified atom stereocenters. The molecule has 1 N–H and O–H groups in total. The van der Waals surface area contributed by atoms with Gasteiger partial charge in [0.05, 0.1) is 28.0 Å². The van der Waals surface area contributed by atoms with Gasteiger partial charge in [0.25, 0.3) is 0 Å². The average Bonchev–Trinajstić information content (AvgIpc) is 3.12. The van der Waals surface area contributed by atoms with Crippen molar-refractivity contribution in [1.82, 2.24) is 5.32 Å². The molecule has 3 atom stereocenters. The highest BCUT2D eigenvalue weighted by molar-refractivity contribution is 7.90. The van der Waals surface area contributed by atoms with E-state index < -0.39 is 15.4 Å². The number of ketones is 1. The Kier molecular flexibility index (Phi) is 6.38. The normalized spacial score (nSPS) is 22.8. The molecule has 7 heteroatoms. The summed E-state index contributed by atoms with van der Waals surface area (Å²) in [6.45, 7) is 0.904. The summed E-state index contributed by atoms with van der Waals surface area (Å²) in [4.78, 5) is 13.1. The molecule has 2 fully saturated rings. The van der Waals surface area contributed by atoms with Gasteiger partial charge in [0.15, 0.2) is 15.6 Å². The molecule has 2 aromatic carbocycles. The molecule has 4 rings (SSSR count). The monoisotopic (exact) mass is 461 g/mol. The summed E-state index contributed by atoms with van der Waals surface area (Å²) >= 11 is 0. The lowest BCUT2D eigenvalue weighted by atomic mass is 9.75. The number of rotatable bonds is 7. The molecule has 0 aromatic heterocycles. The number of benzene rings is 2. The Labute approximate surface area is 195 Å². The predicted molar refractivity (Wildman–Crippen MR) is 125 cm³/mol. The lowest BCUT2D eigenvalue weighted by Crippen LogP contribution is -2.48. The number of nitrogens with one attached hydrogen (secondary N) is 1. The molecular formula is C26H27N3O3S. The van der Waals surface area contributed by atoms with Crippen LogP contribution in [0.25, 0.3) is 11.1 Å². The van der Waals surface area contributed by atoms with E-state index in [2.05, 4.69) is 11.4 Å². The highest BCUT2D eigenvalue weighted by Gasteiger charge is 2.46. The fourth-order valence-corrected chi connectivity index (χ4v) is 6.07. The molecule has 2 bridgehead atoms. The molecule has 0 radical (unpaired) electrons. The second-order valence-corrected chi connectivity index (χ2v) is 11.4. The zero-order valence-electron chi connectivity index (χ0n) is 18.7. The number of sulfone groups is 1. The minimum Gasteiger partial charge on any atom is -0.305 e. The van der Waals surface area contributed by atoms with Crippen LogP contribution in [0.15, 0.2) is 47.4 Å². The zero-order chi connectivity index (χ0) is 23.6. The van der Waals surface area contributed by atoms with Gasteiger partial charge in [-0.2, -0.15) is 10.5 Å². The van der Waals surface area contributed by atoms with Gasteiger partial charge in [-0.1, -0.05) is 36.8 Å². The molecule has 6 nitrogen and oxygen atoms in total. The van der Waals surface area contributed by atoms with Gasteiger partial charge in [-0.25, -0.2) is 8.42 Å². The van der Waals surface area contributed by atoms with Crippen molar-refractivity contribution in [2.24, 2.45) is 11.8 Å². The Hall–Kier alpha value is -3.00. The van der Waals surface area contributed by atoms with Crippen molar-refractivity contribution in [2.75, 3.05) is 12.8 Å². The third-order valence-electron chi connectivity index (χ3n) is 7.00. The summed E-state index contributed by atoms with van der Waals surface area (Å²) < 4.78 is 24.1. The van der Waals surface area contributed by atoms with Gasteiger partial charge in [0, 0.05) is 12.7 Å². The Morgan fingerprint density at radius 1 is 1.18 bits per heavy atom. The van der Waals surface area contributed by atoms with E-state index in [1.807, 2.05) is 30.3 Å². The number of fused-ring (bicyclic) bond motifs is 2. The van der Waals surface area contributed by atoms with Crippen LogP contribution in [-0.4, -0.2) is 32.5 Å². The lowest BCUT2D eigenvalue weighted by Gasteiger charge is -2.32. The van der Waals surface area contributed by atoms with Crippen molar-refractivity contribution in [3.8, 4) is 23.3 Å². The molecule has 1 saturated heterocycles. The van der Waals surface area contributed by atoms with Gasteiger partial charge in [-0.15, -0.1) is 0 Å². The topological polar surface area (TPSA) is 111 Å². The Bertz CT molecular complexity index is 1250. The van der Waals surface area contributed by atoms with Crippen molar-refractivity contribution < 1.29 is 13.2 Å². The number of hydrogen-bond donors (Lipinski definition) is 1. The number of Topliss-reactive ketones (excluding diaryl/α,β-unsaturated/α-hetero) is 1. The van der Waals surface area contributed by atoms with E-state index >= 15 is 0 Å². The molecule has 1 saturated carbocycles. The highest BCUT2D eigenvalue weighted by Crippen LogP contribution is 2.39. The number of carbonyl (C=O) groups excluding carboxylic acids is 1. The lowest BCUT2D eigenvalue weighted by molar-refractivity contribution is -0.126. The van der Waals surface area contributed by atoms with Crippen LogP contribution in [0.1, 0.15) is 43.2 Å². The number of carbonyl (C=O) groups is 1. The fourth-order valence-electron chi connectivity index (χ4n) is 5.22. The molecule has 0 spiro atoms. The SMILES string of the molecule is CS(=O)(=O)c1cc(-c2ccc(C[C@@H](C#N)CC(=O)[C@]34CCC[C@@H](CN3)C4)cc2)ccc1C#N. The molecule has 1 heterocycles. The molecule has 33 heavy (non-hydrogen) atoms. The van der Waals surface area contributed by atoms with Gasteiger partial charge in [-0.3, -0.25) is 4.79 Å². The summed E-state index contributed by atoms with van der Waals surface area (Å²) in [5.74, 6) is 0.368. The van der Waals surface area contributed by atoms with Crippen molar-refractivity contribution in [3.05, 3.63) is 53.6 Å². The Morgan fingerprint density at radius 3 is 2.58 bits per heavy atom. The van der Waals surface area contributed by atoms with Gasteiger partial charge >= 0.3 is 0 Å².